The number of amides is 3. The highest BCUT2D eigenvalue weighted by atomic mass is 32.1. The summed E-state index contributed by atoms with van der Waals surface area (Å²) in [6.45, 7) is 6.73. The first-order chi connectivity index (χ1) is 16.0. The van der Waals surface area contributed by atoms with Crippen LogP contribution in [-0.4, -0.2) is 66.5 Å². The van der Waals surface area contributed by atoms with Crippen LogP contribution in [0.2, 0.25) is 0 Å². The van der Waals surface area contributed by atoms with Crippen LogP contribution in [0.25, 0.3) is 0 Å². The van der Waals surface area contributed by atoms with Crippen LogP contribution in [0, 0.1) is 5.92 Å². The fraction of sp³-hybridized carbons (Fsp3) is 0.480. The minimum Gasteiger partial charge on any atom is -0.444 e. The number of nitrogens with one attached hydrogen (secondary N) is 2. The number of thiophene rings is 1. The molecule has 0 aliphatic carbocycles. The topological polar surface area (TPSA) is 91.0 Å². The zero-order chi connectivity index (χ0) is 24.9. The molecule has 8 nitrogen and oxygen atoms in total. The summed E-state index contributed by atoms with van der Waals surface area (Å²) in [6.07, 6.45) is 0.209. The summed E-state index contributed by atoms with van der Waals surface area (Å²) in [5.41, 5.74) is 0.411. The smallest absolute Gasteiger partial charge is 0.410 e. The zero-order valence-electron chi connectivity index (χ0n) is 20.5. The molecule has 0 saturated carbocycles. The third-order valence-corrected chi connectivity index (χ3v) is 6.45. The summed E-state index contributed by atoms with van der Waals surface area (Å²) >= 11 is 1.58. The van der Waals surface area contributed by atoms with E-state index >= 15 is 0 Å². The largest absolute Gasteiger partial charge is 0.444 e. The summed E-state index contributed by atoms with van der Waals surface area (Å²) in [5.74, 6) is -0.785. The van der Waals surface area contributed by atoms with Crippen molar-refractivity contribution in [1.82, 2.24) is 15.1 Å². The van der Waals surface area contributed by atoms with Gasteiger partial charge in [0.1, 0.15) is 5.60 Å². The van der Waals surface area contributed by atoms with Gasteiger partial charge in [0.05, 0.1) is 12.5 Å². The van der Waals surface area contributed by atoms with Crippen LogP contribution < -0.4 is 10.6 Å². The van der Waals surface area contributed by atoms with Crippen molar-refractivity contribution in [2.75, 3.05) is 32.5 Å². The lowest BCUT2D eigenvalue weighted by Crippen LogP contribution is -2.54. The first-order valence-electron chi connectivity index (χ1n) is 11.4. The van der Waals surface area contributed by atoms with E-state index in [4.69, 9.17) is 4.74 Å². The van der Waals surface area contributed by atoms with Gasteiger partial charge in [0.2, 0.25) is 5.91 Å². The van der Waals surface area contributed by atoms with Gasteiger partial charge in [-0.25, -0.2) is 4.79 Å². The molecule has 2 atom stereocenters. The Morgan fingerprint density at radius 3 is 2.56 bits per heavy atom. The Bertz CT molecular complexity index is 1000. The van der Waals surface area contributed by atoms with Crippen molar-refractivity contribution in [3.05, 3.63) is 52.2 Å². The maximum Gasteiger partial charge on any atom is 0.410 e. The Morgan fingerprint density at radius 2 is 1.91 bits per heavy atom. The number of carbonyl (C=O) groups is 3. The monoisotopic (exact) mass is 486 g/mol. The molecule has 1 aromatic heterocycles. The van der Waals surface area contributed by atoms with E-state index in [-0.39, 0.29) is 24.4 Å². The van der Waals surface area contributed by atoms with Crippen molar-refractivity contribution in [3.8, 4) is 0 Å². The molecular weight excluding hydrogens is 452 g/mol. The molecule has 1 aromatic carbocycles. The quantitative estimate of drug-likeness (QED) is 0.648. The van der Waals surface area contributed by atoms with E-state index in [1.54, 1.807) is 40.5 Å². The molecule has 1 aliphatic heterocycles. The third kappa shape index (κ3) is 7.30. The second-order valence-electron chi connectivity index (χ2n) is 9.77. The van der Waals surface area contributed by atoms with Gasteiger partial charge in [0.25, 0.3) is 5.91 Å². The van der Waals surface area contributed by atoms with Crippen LogP contribution in [0.5, 0.6) is 0 Å². The number of nitrogens with zero attached hydrogens (tertiary/aromatic N) is 2. The summed E-state index contributed by atoms with van der Waals surface area (Å²) in [5, 5.41) is 7.79. The molecule has 184 valence electrons. The number of carbonyl (C=O) groups excluding carboxylic acids is 3. The third-order valence-electron chi connectivity index (χ3n) is 5.58. The van der Waals surface area contributed by atoms with Crippen molar-refractivity contribution in [1.29, 1.82) is 0 Å². The highest BCUT2D eigenvalue weighted by molar-refractivity contribution is 7.09. The number of benzene rings is 1. The van der Waals surface area contributed by atoms with Crippen molar-refractivity contribution < 1.29 is 19.1 Å². The van der Waals surface area contributed by atoms with Gasteiger partial charge in [-0.1, -0.05) is 12.1 Å². The number of likely N-dealkylation sites (N-methyl/N-ethyl adjacent to an activating group) is 1. The molecule has 2 heterocycles. The molecule has 1 saturated heterocycles. The lowest BCUT2D eigenvalue weighted by Gasteiger charge is -2.40. The van der Waals surface area contributed by atoms with Crippen LogP contribution in [-0.2, 0) is 16.1 Å². The number of rotatable bonds is 6. The Kier molecular flexibility index (Phi) is 8.33. The first-order valence-corrected chi connectivity index (χ1v) is 12.3. The minimum atomic E-state index is -0.607. The zero-order valence-corrected chi connectivity index (χ0v) is 21.3. The fourth-order valence-corrected chi connectivity index (χ4v) is 4.42. The number of ether oxygens (including phenoxy) is 1. The molecule has 2 aromatic rings. The Morgan fingerprint density at radius 1 is 1.15 bits per heavy atom. The lowest BCUT2D eigenvalue weighted by atomic mass is 9.93. The number of piperidine rings is 1. The van der Waals surface area contributed by atoms with E-state index in [9.17, 15) is 14.4 Å². The highest BCUT2D eigenvalue weighted by Crippen LogP contribution is 2.24. The summed E-state index contributed by atoms with van der Waals surface area (Å²) in [7, 11) is 3.88. The van der Waals surface area contributed by atoms with Crippen LogP contribution in [0.15, 0.2) is 41.8 Å². The number of likely N-dealkylation sites (tertiary alicyclic amines) is 1. The predicted molar refractivity (Wildman–Crippen MR) is 134 cm³/mol. The first kappa shape index (κ1) is 25.7. The Hall–Kier alpha value is -2.91. The number of hydrogen-bond donors (Lipinski definition) is 2. The highest BCUT2D eigenvalue weighted by Gasteiger charge is 2.36. The van der Waals surface area contributed by atoms with E-state index in [1.165, 1.54) is 0 Å². The van der Waals surface area contributed by atoms with Crippen LogP contribution in [0.4, 0.5) is 10.5 Å². The molecule has 9 heteroatoms. The fourth-order valence-electron chi connectivity index (χ4n) is 3.78. The molecule has 0 spiro atoms. The van der Waals surface area contributed by atoms with Gasteiger partial charge in [0, 0.05) is 35.3 Å². The van der Waals surface area contributed by atoms with Gasteiger partial charge >= 0.3 is 6.09 Å². The van der Waals surface area contributed by atoms with Gasteiger partial charge in [-0.3, -0.25) is 9.59 Å². The van der Waals surface area contributed by atoms with Gasteiger partial charge in [0.15, 0.2) is 0 Å². The summed E-state index contributed by atoms with van der Waals surface area (Å²) in [6, 6.07) is 10.8. The van der Waals surface area contributed by atoms with E-state index in [2.05, 4.69) is 10.6 Å². The van der Waals surface area contributed by atoms with Gasteiger partial charge < -0.3 is 25.2 Å². The number of anilines is 1. The normalized spacial score (nSPS) is 18.5. The molecule has 3 amide bonds. The van der Waals surface area contributed by atoms with E-state index < -0.39 is 17.6 Å². The average molecular weight is 487 g/mol. The van der Waals surface area contributed by atoms with E-state index in [0.29, 0.717) is 30.8 Å². The molecule has 3 rings (SSSR count). The molecular formula is C25H34N4O4S. The van der Waals surface area contributed by atoms with Crippen molar-refractivity contribution in [2.45, 2.75) is 45.4 Å². The standard InChI is InChI=1S/C25H34N4O4S/c1-25(2,3)33-24(32)29-15-18(13-20(16-29)28(4)5)23(31)27-19-9-6-8-17(12-19)22(30)26-14-21-10-7-11-34-21/h6-12,18,20H,13-16H2,1-5H3,(H,26,30)(H,27,31). The van der Waals surface area contributed by atoms with E-state index in [1.807, 2.05) is 57.3 Å². The van der Waals surface area contributed by atoms with Crippen molar-refractivity contribution >= 4 is 34.9 Å². The Balaban J connectivity index is 1.65. The molecule has 1 fully saturated rings. The molecule has 0 radical (unpaired) electrons. The summed E-state index contributed by atoms with van der Waals surface area (Å²) < 4.78 is 5.54. The van der Waals surface area contributed by atoms with Crippen LogP contribution >= 0.6 is 11.3 Å². The molecule has 2 unspecified atom stereocenters. The second kappa shape index (κ2) is 11.0. The van der Waals surface area contributed by atoms with Crippen LogP contribution in [0.3, 0.4) is 0 Å². The van der Waals surface area contributed by atoms with Gasteiger partial charge in [-0.15, -0.1) is 11.3 Å². The molecule has 2 N–H and O–H groups in total. The number of hydrogen-bond acceptors (Lipinski definition) is 6. The second-order valence-corrected chi connectivity index (χ2v) is 10.8. The SMILES string of the molecule is CN(C)C1CC(C(=O)Nc2cccc(C(=O)NCc3cccs3)c2)CN(C(=O)OC(C)(C)C)C1. The maximum atomic E-state index is 13.1. The van der Waals surface area contributed by atoms with Crippen LogP contribution in [0.1, 0.15) is 42.4 Å². The van der Waals surface area contributed by atoms with Gasteiger partial charge in [-0.05, 0) is 70.9 Å². The molecule has 1 aliphatic rings. The predicted octanol–water partition coefficient (Wildman–Crippen LogP) is 3.80. The lowest BCUT2D eigenvalue weighted by molar-refractivity contribution is -0.122. The van der Waals surface area contributed by atoms with Gasteiger partial charge in [-0.2, -0.15) is 0 Å². The van der Waals surface area contributed by atoms with Crippen molar-refractivity contribution in [2.24, 2.45) is 5.92 Å². The minimum absolute atomic E-state index is 0.0337. The Labute approximate surface area is 205 Å². The summed E-state index contributed by atoms with van der Waals surface area (Å²) in [4.78, 5) is 43.1. The van der Waals surface area contributed by atoms with Crippen molar-refractivity contribution in [3.63, 3.8) is 0 Å². The maximum absolute atomic E-state index is 13.1. The molecule has 34 heavy (non-hydrogen) atoms. The van der Waals surface area contributed by atoms with E-state index in [0.717, 1.165) is 4.88 Å². The molecule has 0 bridgehead atoms. The average Bonchev–Trinajstić information content (AvgIpc) is 3.30.